The molecule has 1 aromatic heterocycles. The van der Waals surface area contributed by atoms with Crippen molar-refractivity contribution in [1.29, 1.82) is 0 Å². The number of aromatic nitrogens is 2. The number of primary amides is 1. The summed E-state index contributed by atoms with van der Waals surface area (Å²) in [5.74, 6) is -6.91. The summed E-state index contributed by atoms with van der Waals surface area (Å²) in [4.78, 5) is 77.4. The zero-order valence-corrected chi connectivity index (χ0v) is 17.9. The van der Waals surface area contributed by atoms with E-state index in [2.05, 4.69) is 20.6 Å². The number of nitrogens with two attached hydrogens (primary N) is 2. The number of aliphatic hydroxyl groups excluding tert-OH is 1. The van der Waals surface area contributed by atoms with Crippen molar-refractivity contribution in [2.24, 2.45) is 11.5 Å². The van der Waals surface area contributed by atoms with Gasteiger partial charge in [0.05, 0.1) is 25.4 Å². The molecule has 0 aliphatic rings. The predicted octanol–water partition coefficient (Wildman–Crippen LogP) is -4.45. The van der Waals surface area contributed by atoms with Crippen LogP contribution < -0.4 is 27.4 Å². The van der Waals surface area contributed by atoms with E-state index in [1.807, 2.05) is 5.32 Å². The number of nitrogens with one attached hydrogen (secondary N) is 4. The van der Waals surface area contributed by atoms with Crippen LogP contribution >= 0.6 is 0 Å². The maximum atomic E-state index is 12.7. The van der Waals surface area contributed by atoms with Crippen molar-refractivity contribution in [1.82, 2.24) is 25.9 Å². The first kappa shape index (κ1) is 28.0. The normalized spacial score (nSPS) is 14.2. The lowest BCUT2D eigenvalue weighted by Crippen LogP contribution is -2.58. The van der Waals surface area contributed by atoms with Gasteiger partial charge in [0.2, 0.25) is 23.6 Å². The van der Waals surface area contributed by atoms with E-state index >= 15 is 0 Å². The number of carboxylic acids is 2. The van der Waals surface area contributed by atoms with E-state index in [4.69, 9.17) is 26.8 Å². The highest BCUT2D eigenvalue weighted by Gasteiger charge is 2.31. The number of carboxylic acid groups (broad SMARTS) is 2. The fourth-order valence-corrected chi connectivity index (χ4v) is 2.67. The molecule has 0 saturated heterocycles. The summed E-state index contributed by atoms with van der Waals surface area (Å²) in [6.07, 6.45) is 1.29. The highest BCUT2D eigenvalue weighted by Crippen LogP contribution is 2.04. The van der Waals surface area contributed by atoms with Crippen molar-refractivity contribution >= 4 is 35.6 Å². The second-order valence-corrected chi connectivity index (χ2v) is 7.19. The Balaban J connectivity index is 2.95. The molecular formula is C18H27N7O9. The summed E-state index contributed by atoms with van der Waals surface area (Å²) in [6.45, 7) is -0.986. The van der Waals surface area contributed by atoms with Crippen LogP contribution in [0, 0.1) is 0 Å². The van der Waals surface area contributed by atoms with Crippen molar-refractivity contribution in [3.63, 3.8) is 0 Å². The monoisotopic (exact) mass is 485 g/mol. The van der Waals surface area contributed by atoms with E-state index in [1.54, 1.807) is 0 Å². The van der Waals surface area contributed by atoms with Crippen LogP contribution in [-0.2, 0) is 35.2 Å². The molecule has 16 heteroatoms. The Hall–Kier alpha value is -4.05. The molecule has 1 rings (SSSR count). The number of carbonyl (C=O) groups is 6. The maximum Gasteiger partial charge on any atom is 0.328 e. The molecule has 0 bridgehead atoms. The molecular weight excluding hydrogens is 458 g/mol. The van der Waals surface area contributed by atoms with Crippen LogP contribution in [0.4, 0.5) is 0 Å². The number of aliphatic carboxylic acids is 2. The molecule has 0 fully saturated rings. The summed E-state index contributed by atoms with van der Waals surface area (Å²) in [7, 11) is 0. The summed E-state index contributed by atoms with van der Waals surface area (Å²) in [5, 5.41) is 33.3. The van der Waals surface area contributed by atoms with E-state index in [0.717, 1.165) is 0 Å². The van der Waals surface area contributed by atoms with E-state index in [1.165, 1.54) is 12.5 Å². The van der Waals surface area contributed by atoms with Gasteiger partial charge in [0.15, 0.2) is 0 Å². The number of amides is 4. The van der Waals surface area contributed by atoms with Gasteiger partial charge in [-0.05, 0) is 6.42 Å². The SMILES string of the molecule is NC(=O)CCC(NC(=O)C(N)Cc1cnc[nH]1)C(=O)NC(CC(=O)O)C(=O)NC(CO)C(=O)O. The molecule has 0 aliphatic heterocycles. The standard InChI is InChI=1S/C18H27N7O9/c19-9(3-8-5-21-7-22-8)15(30)23-10(1-2-13(20)27)16(31)24-11(4-14(28)29)17(32)25-12(6-26)18(33)34/h5,7,9-12,26H,1-4,6,19H2,(H2,20,27)(H,21,22)(H,23,30)(H,24,31)(H,25,32)(H,28,29)(H,33,34). The molecule has 16 nitrogen and oxygen atoms in total. The molecule has 0 radical (unpaired) electrons. The Morgan fingerprint density at radius 1 is 0.971 bits per heavy atom. The van der Waals surface area contributed by atoms with Gasteiger partial charge in [0, 0.05) is 24.7 Å². The van der Waals surface area contributed by atoms with Gasteiger partial charge in [-0.25, -0.2) is 9.78 Å². The zero-order valence-electron chi connectivity index (χ0n) is 17.9. The minimum atomic E-state index is -1.76. The number of hydrogen-bond acceptors (Lipinski definition) is 9. The second kappa shape index (κ2) is 13.5. The van der Waals surface area contributed by atoms with Gasteiger partial charge in [-0.3, -0.25) is 24.0 Å². The smallest absolute Gasteiger partial charge is 0.328 e. The van der Waals surface area contributed by atoms with E-state index in [0.29, 0.717) is 5.69 Å². The van der Waals surface area contributed by atoms with E-state index < -0.39 is 72.8 Å². The molecule has 1 heterocycles. The highest BCUT2D eigenvalue weighted by molar-refractivity contribution is 5.95. The number of rotatable bonds is 15. The lowest BCUT2D eigenvalue weighted by atomic mass is 10.1. The summed E-state index contributed by atoms with van der Waals surface area (Å²) < 4.78 is 0. The van der Waals surface area contributed by atoms with Crippen LogP contribution in [0.1, 0.15) is 25.0 Å². The van der Waals surface area contributed by atoms with Crippen molar-refractivity contribution < 1.29 is 44.1 Å². The predicted molar refractivity (Wildman–Crippen MR) is 111 cm³/mol. The van der Waals surface area contributed by atoms with Crippen LogP contribution in [0.3, 0.4) is 0 Å². The third-order valence-corrected chi connectivity index (χ3v) is 4.45. The maximum absolute atomic E-state index is 12.7. The van der Waals surface area contributed by atoms with E-state index in [-0.39, 0.29) is 19.3 Å². The summed E-state index contributed by atoms with van der Waals surface area (Å²) >= 11 is 0. The first-order chi connectivity index (χ1) is 15.9. The lowest BCUT2D eigenvalue weighted by Gasteiger charge is -2.24. The molecule has 1 aromatic rings. The molecule has 11 N–H and O–H groups in total. The third kappa shape index (κ3) is 9.61. The number of nitrogens with zero attached hydrogens (tertiary/aromatic N) is 1. The van der Waals surface area contributed by atoms with Gasteiger partial charge in [-0.1, -0.05) is 0 Å². The van der Waals surface area contributed by atoms with E-state index in [9.17, 15) is 28.8 Å². The summed E-state index contributed by atoms with van der Waals surface area (Å²) in [5.41, 5.74) is 11.5. The van der Waals surface area contributed by atoms with Crippen LogP contribution in [0.2, 0.25) is 0 Å². The lowest BCUT2D eigenvalue weighted by molar-refractivity contribution is -0.144. The van der Waals surface area contributed by atoms with Crippen LogP contribution in [0.5, 0.6) is 0 Å². The average Bonchev–Trinajstić information content (AvgIpc) is 3.26. The fourth-order valence-electron chi connectivity index (χ4n) is 2.67. The minimum Gasteiger partial charge on any atom is -0.481 e. The molecule has 0 aromatic carbocycles. The molecule has 0 saturated carbocycles. The Kier molecular flexibility index (Phi) is 11.1. The third-order valence-electron chi connectivity index (χ3n) is 4.45. The highest BCUT2D eigenvalue weighted by atomic mass is 16.4. The molecule has 188 valence electrons. The van der Waals surface area contributed by atoms with Crippen LogP contribution in [0.25, 0.3) is 0 Å². The Labute approximate surface area is 192 Å². The van der Waals surface area contributed by atoms with Crippen molar-refractivity contribution in [3.05, 3.63) is 18.2 Å². The fraction of sp³-hybridized carbons (Fsp3) is 0.500. The minimum absolute atomic E-state index is 0.0395. The van der Waals surface area contributed by atoms with Gasteiger partial charge < -0.3 is 47.7 Å². The second-order valence-electron chi connectivity index (χ2n) is 7.19. The number of carbonyl (C=O) groups excluding carboxylic acids is 4. The van der Waals surface area contributed by atoms with Crippen molar-refractivity contribution in [3.8, 4) is 0 Å². The molecule has 0 spiro atoms. The molecule has 0 aliphatic carbocycles. The number of aliphatic hydroxyl groups is 1. The first-order valence-corrected chi connectivity index (χ1v) is 9.92. The Bertz CT molecular complexity index is 890. The van der Waals surface area contributed by atoms with Crippen molar-refractivity contribution in [2.45, 2.75) is 49.9 Å². The van der Waals surface area contributed by atoms with Crippen LogP contribution in [-0.4, -0.2) is 91.6 Å². The van der Waals surface area contributed by atoms with Gasteiger partial charge >= 0.3 is 11.9 Å². The quantitative estimate of drug-likeness (QED) is 0.114. The first-order valence-electron chi connectivity index (χ1n) is 9.92. The zero-order chi connectivity index (χ0) is 25.8. The Morgan fingerprint density at radius 2 is 1.56 bits per heavy atom. The number of H-pyrrole nitrogens is 1. The number of aromatic amines is 1. The Morgan fingerprint density at radius 3 is 2.06 bits per heavy atom. The van der Waals surface area contributed by atoms with Gasteiger partial charge in [0.1, 0.15) is 18.1 Å². The van der Waals surface area contributed by atoms with Gasteiger partial charge in [-0.2, -0.15) is 0 Å². The molecule has 4 amide bonds. The molecule has 34 heavy (non-hydrogen) atoms. The van der Waals surface area contributed by atoms with Crippen molar-refractivity contribution in [2.75, 3.05) is 6.61 Å². The largest absolute Gasteiger partial charge is 0.481 e. The summed E-state index contributed by atoms with van der Waals surface area (Å²) in [6, 6.07) is -6.05. The van der Waals surface area contributed by atoms with Crippen LogP contribution in [0.15, 0.2) is 12.5 Å². The number of hydrogen-bond donors (Lipinski definition) is 9. The molecule has 4 unspecified atom stereocenters. The van der Waals surface area contributed by atoms with Gasteiger partial charge in [0.25, 0.3) is 0 Å². The molecule has 4 atom stereocenters. The average molecular weight is 485 g/mol. The number of imidazole rings is 1. The van der Waals surface area contributed by atoms with Gasteiger partial charge in [-0.15, -0.1) is 0 Å². The topological polar surface area (TPSA) is 280 Å².